The number of nitrogens with zero attached hydrogens (tertiary/aromatic N) is 3. The van der Waals surface area contributed by atoms with Crippen LogP contribution in [0.4, 0.5) is 0 Å². The van der Waals surface area contributed by atoms with E-state index in [0.29, 0.717) is 18.9 Å². The monoisotopic (exact) mass is 341 g/mol. The molecule has 1 aromatic heterocycles. The fourth-order valence-electron chi connectivity index (χ4n) is 3.23. The molecule has 1 amide bonds. The lowest BCUT2D eigenvalue weighted by atomic mass is 9.96. The molecule has 25 heavy (non-hydrogen) atoms. The number of hydrogen-bond acceptors (Lipinski definition) is 4. The van der Waals surface area contributed by atoms with Crippen molar-refractivity contribution < 1.29 is 9.32 Å². The van der Waals surface area contributed by atoms with Crippen molar-refractivity contribution in [1.82, 2.24) is 15.0 Å². The number of likely N-dealkylation sites (tertiary alicyclic amines) is 1. The van der Waals surface area contributed by atoms with E-state index >= 15 is 0 Å². The summed E-state index contributed by atoms with van der Waals surface area (Å²) in [7, 11) is 0. The van der Waals surface area contributed by atoms with Crippen molar-refractivity contribution in [3.8, 4) is 0 Å². The summed E-state index contributed by atoms with van der Waals surface area (Å²) in [4.78, 5) is 19.1. The van der Waals surface area contributed by atoms with Gasteiger partial charge >= 0.3 is 0 Å². The third-order valence-corrected chi connectivity index (χ3v) is 4.84. The van der Waals surface area contributed by atoms with Crippen molar-refractivity contribution in [3.05, 3.63) is 47.1 Å². The molecule has 0 aliphatic carbocycles. The molecule has 2 aromatic rings. The SMILES string of the molecule is Cc1ccc(CCC(=O)N2CCC[C@H](c3noc(C(C)C)n3)C2)cc1. The lowest BCUT2D eigenvalue weighted by Crippen LogP contribution is -2.39. The number of aryl methyl sites for hydroxylation is 2. The molecule has 5 nitrogen and oxygen atoms in total. The maximum atomic E-state index is 12.6. The van der Waals surface area contributed by atoms with Crippen LogP contribution in [0.5, 0.6) is 0 Å². The zero-order chi connectivity index (χ0) is 17.8. The largest absolute Gasteiger partial charge is 0.342 e. The van der Waals surface area contributed by atoms with Crippen LogP contribution >= 0.6 is 0 Å². The number of piperidine rings is 1. The summed E-state index contributed by atoms with van der Waals surface area (Å²) in [5.74, 6) is 2.07. The van der Waals surface area contributed by atoms with Gasteiger partial charge in [0, 0.05) is 31.3 Å². The first-order valence-corrected chi connectivity index (χ1v) is 9.19. The van der Waals surface area contributed by atoms with Crippen LogP contribution in [0, 0.1) is 6.92 Å². The molecule has 5 heteroatoms. The average Bonchev–Trinajstić information content (AvgIpc) is 3.11. The first kappa shape index (κ1) is 17.6. The van der Waals surface area contributed by atoms with Gasteiger partial charge in [0.05, 0.1) is 0 Å². The van der Waals surface area contributed by atoms with Crippen LogP contribution in [0.3, 0.4) is 0 Å². The van der Waals surface area contributed by atoms with E-state index in [0.717, 1.165) is 31.6 Å². The second kappa shape index (κ2) is 7.81. The standard InChI is InChI=1S/C20H27N3O2/c1-14(2)20-21-19(22-25-20)17-5-4-12-23(13-17)18(24)11-10-16-8-6-15(3)7-9-16/h6-9,14,17H,4-5,10-13H2,1-3H3/t17-/m0/s1. The van der Waals surface area contributed by atoms with Gasteiger partial charge < -0.3 is 9.42 Å². The van der Waals surface area contributed by atoms with Gasteiger partial charge in [0.15, 0.2) is 5.82 Å². The summed E-state index contributed by atoms with van der Waals surface area (Å²) in [6.45, 7) is 7.69. The van der Waals surface area contributed by atoms with Crippen LogP contribution < -0.4 is 0 Å². The summed E-state index contributed by atoms with van der Waals surface area (Å²) < 4.78 is 5.33. The molecule has 2 heterocycles. The first-order valence-electron chi connectivity index (χ1n) is 9.19. The third kappa shape index (κ3) is 4.47. The van der Waals surface area contributed by atoms with E-state index in [1.165, 1.54) is 11.1 Å². The number of carbonyl (C=O) groups is 1. The Hall–Kier alpha value is -2.17. The van der Waals surface area contributed by atoms with E-state index in [-0.39, 0.29) is 17.7 Å². The fraction of sp³-hybridized carbons (Fsp3) is 0.550. The van der Waals surface area contributed by atoms with Crippen molar-refractivity contribution in [2.24, 2.45) is 0 Å². The minimum absolute atomic E-state index is 0.188. The summed E-state index contributed by atoms with van der Waals surface area (Å²) >= 11 is 0. The highest BCUT2D eigenvalue weighted by Crippen LogP contribution is 2.26. The van der Waals surface area contributed by atoms with E-state index in [1.54, 1.807) is 0 Å². The third-order valence-electron chi connectivity index (χ3n) is 4.84. The molecule has 1 aliphatic heterocycles. The highest BCUT2D eigenvalue weighted by molar-refractivity contribution is 5.76. The van der Waals surface area contributed by atoms with Crippen molar-refractivity contribution >= 4 is 5.91 Å². The minimum atomic E-state index is 0.188. The van der Waals surface area contributed by atoms with Gasteiger partial charge in [0.25, 0.3) is 0 Å². The number of benzene rings is 1. The second-order valence-electron chi connectivity index (χ2n) is 7.31. The number of aromatic nitrogens is 2. The molecule has 1 saturated heterocycles. The topological polar surface area (TPSA) is 59.2 Å². The Bertz CT molecular complexity index is 706. The van der Waals surface area contributed by atoms with E-state index in [2.05, 4.69) is 41.3 Å². The van der Waals surface area contributed by atoms with Gasteiger partial charge in [-0.15, -0.1) is 0 Å². The van der Waals surface area contributed by atoms with E-state index in [9.17, 15) is 4.79 Å². The van der Waals surface area contributed by atoms with Crippen molar-refractivity contribution in [2.75, 3.05) is 13.1 Å². The van der Waals surface area contributed by atoms with Crippen molar-refractivity contribution in [3.63, 3.8) is 0 Å². The molecule has 0 saturated carbocycles. The van der Waals surface area contributed by atoms with Gasteiger partial charge in [0.2, 0.25) is 11.8 Å². The van der Waals surface area contributed by atoms with Gasteiger partial charge in [-0.1, -0.05) is 48.8 Å². The average molecular weight is 341 g/mol. The Morgan fingerprint density at radius 3 is 2.76 bits per heavy atom. The van der Waals surface area contributed by atoms with Gasteiger partial charge in [-0.3, -0.25) is 4.79 Å². The summed E-state index contributed by atoms with van der Waals surface area (Å²) in [6.07, 6.45) is 3.35. The van der Waals surface area contributed by atoms with Crippen LogP contribution in [0.15, 0.2) is 28.8 Å². The second-order valence-corrected chi connectivity index (χ2v) is 7.31. The number of rotatable bonds is 5. The molecular formula is C20H27N3O2. The van der Waals surface area contributed by atoms with Crippen LogP contribution in [0.25, 0.3) is 0 Å². The number of carbonyl (C=O) groups excluding carboxylic acids is 1. The molecular weight excluding hydrogens is 314 g/mol. The summed E-state index contributed by atoms with van der Waals surface area (Å²) in [5.41, 5.74) is 2.46. The molecule has 1 aromatic carbocycles. The van der Waals surface area contributed by atoms with Crippen LogP contribution in [0.1, 0.15) is 67.8 Å². The molecule has 0 spiro atoms. The molecule has 134 valence electrons. The lowest BCUT2D eigenvalue weighted by Gasteiger charge is -2.31. The molecule has 1 aliphatic rings. The molecule has 0 bridgehead atoms. The first-order chi connectivity index (χ1) is 12.0. The fourth-order valence-corrected chi connectivity index (χ4v) is 3.23. The smallest absolute Gasteiger partial charge is 0.229 e. The number of hydrogen-bond donors (Lipinski definition) is 0. The lowest BCUT2D eigenvalue weighted by molar-refractivity contribution is -0.132. The minimum Gasteiger partial charge on any atom is -0.342 e. The van der Waals surface area contributed by atoms with Crippen LogP contribution in [-0.4, -0.2) is 34.0 Å². The predicted octanol–water partition coefficient (Wildman–Crippen LogP) is 3.84. The molecule has 1 atom stereocenters. The van der Waals surface area contributed by atoms with Crippen molar-refractivity contribution in [2.45, 2.75) is 58.3 Å². The van der Waals surface area contributed by atoms with Gasteiger partial charge in [-0.05, 0) is 31.7 Å². The Kier molecular flexibility index (Phi) is 5.51. The maximum Gasteiger partial charge on any atom is 0.229 e. The summed E-state index contributed by atoms with van der Waals surface area (Å²) in [5, 5.41) is 4.13. The van der Waals surface area contributed by atoms with Gasteiger partial charge in [0.1, 0.15) is 0 Å². The van der Waals surface area contributed by atoms with Crippen LogP contribution in [0.2, 0.25) is 0 Å². The molecule has 0 radical (unpaired) electrons. The molecule has 0 unspecified atom stereocenters. The van der Waals surface area contributed by atoms with Crippen LogP contribution in [-0.2, 0) is 11.2 Å². The van der Waals surface area contributed by atoms with Gasteiger partial charge in [-0.2, -0.15) is 4.98 Å². The van der Waals surface area contributed by atoms with E-state index < -0.39 is 0 Å². The number of amides is 1. The van der Waals surface area contributed by atoms with E-state index in [4.69, 9.17) is 4.52 Å². The Morgan fingerprint density at radius 2 is 2.08 bits per heavy atom. The normalized spacial score (nSPS) is 17.9. The Labute approximate surface area is 149 Å². The molecule has 0 N–H and O–H groups in total. The highest BCUT2D eigenvalue weighted by Gasteiger charge is 2.28. The predicted molar refractivity (Wildman–Crippen MR) is 96.4 cm³/mol. The summed E-state index contributed by atoms with van der Waals surface area (Å²) in [6, 6.07) is 8.40. The Morgan fingerprint density at radius 1 is 1.32 bits per heavy atom. The highest BCUT2D eigenvalue weighted by atomic mass is 16.5. The van der Waals surface area contributed by atoms with E-state index in [1.807, 2.05) is 18.7 Å². The quantitative estimate of drug-likeness (QED) is 0.829. The Balaban J connectivity index is 1.56. The van der Waals surface area contributed by atoms with Gasteiger partial charge in [-0.25, -0.2) is 0 Å². The van der Waals surface area contributed by atoms with Crippen molar-refractivity contribution in [1.29, 1.82) is 0 Å². The maximum absolute atomic E-state index is 12.6. The molecule has 3 rings (SSSR count). The molecule has 1 fully saturated rings. The zero-order valence-electron chi connectivity index (χ0n) is 15.4. The zero-order valence-corrected chi connectivity index (χ0v) is 15.4.